The summed E-state index contributed by atoms with van der Waals surface area (Å²) >= 11 is 2.10. The highest BCUT2D eigenvalue weighted by molar-refractivity contribution is 7.99. The lowest BCUT2D eigenvalue weighted by Gasteiger charge is -2.33. The van der Waals surface area contributed by atoms with Crippen LogP contribution in [0.5, 0.6) is 5.75 Å². The average Bonchev–Trinajstić information content (AvgIpc) is 2.43. The summed E-state index contributed by atoms with van der Waals surface area (Å²) in [4.78, 5) is 0. The third-order valence-corrected chi connectivity index (χ3v) is 5.19. The molecule has 2 nitrogen and oxygen atoms in total. The smallest absolute Gasteiger partial charge is 0.119 e. The minimum absolute atomic E-state index is 0.459. The Hall–Kier alpha value is -0.670. The minimum atomic E-state index is 0.459. The first kappa shape index (κ1) is 13.8. The summed E-state index contributed by atoms with van der Waals surface area (Å²) in [5, 5.41) is 4.18. The molecular weight excluding hydrogens is 242 g/mol. The van der Waals surface area contributed by atoms with Crippen LogP contribution >= 0.6 is 11.8 Å². The Bertz CT molecular complexity index is 394. The second kappa shape index (κ2) is 6.48. The summed E-state index contributed by atoms with van der Waals surface area (Å²) in [6.45, 7) is 2.25. The van der Waals surface area contributed by atoms with E-state index in [1.807, 2.05) is 0 Å². The van der Waals surface area contributed by atoms with Crippen LogP contribution < -0.4 is 10.1 Å². The van der Waals surface area contributed by atoms with Crippen LogP contribution in [0.1, 0.15) is 36.9 Å². The van der Waals surface area contributed by atoms with Gasteiger partial charge in [0.15, 0.2) is 0 Å². The Labute approximate surface area is 114 Å². The highest BCUT2D eigenvalue weighted by Gasteiger charge is 2.28. The quantitative estimate of drug-likeness (QED) is 0.881. The minimum Gasteiger partial charge on any atom is -0.497 e. The number of fused-ring (bicyclic) bond motifs is 1. The molecule has 0 heterocycles. The summed E-state index contributed by atoms with van der Waals surface area (Å²) in [5.41, 5.74) is 2.90. The summed E-state index contributed by atoms with van der Waals surface area (Å²) in [6, 6.07) is 6.96. The van der Waals surface area contributed by atoms with Crippen LogP contribution in [0.25, 0.3) is 0 Å². The molecular formula is C15H23NOS. The zero-order chi connectivity index (χ0) is 13.0. The van der Waals surface area contributed by atoms with E-state index in [1.54, 1.807) is 7.11 Å². The molecule has 3 heteroatoms. The molecule has 100 valence electrons. The molecule has 0 amide bonds. The van der Waals surface area contributed by atoms with Gasteiger partial charge in [0.05, 0.1) is 7.11 Å². The SMILES string of the molecule is CCCSC1CCc2ccc(OC)cc2C1NC. The van der Waals surface area contributed by atoms with Crippen molar-refractivity contribution in [3.8, 4) is 5.75 Å². The Morgan fingerprint density at radius 1 is 1.44 bits per heavy atom. The van der Waals surface area contributed by atoms with Crippen LogP contribution in [0, 0.1) is 0 Å². The average molecular weight is 265 g/mol. The molecule has 0 saturated carbocycles. The van der Waals surface area contributed by atoms with Crippen LogP contribution in [-0.2, 0) is 6.42 Å². The third kappa shape index (κ3) is 2.83. The lowest BCUT2D eigenvalue weighted by atomic mass is 9.87. The number of aryl methyl sites for hydroxylation is 1. The maximum absolute atomic E-state index is 5.35. The molecule has 1 N–H and O–H groups in total. The highest BCUT2D eigenvalue weighted by atomic mass is 32.2. The maximum atomic E-state index is 5.35. The molecule has 0 aromatic heterocycles. The maximum Gasteiger partial charge on any atom is 0.119 e. The molecule has 0 saturated heterocycles. The van der Waals surface area contributed by atoms with Crippen molar-refractivity contribution in [2.75, 3.05) is 19.9 Å². The fraction of sp³-hybridized carbons (Fsp3) is 0.600. The van der Waals surface area contributed by atoms with Gasteiger partial charge in [-0.25, -0.2) is 0 Å². The van der Waals surface area contributed by atoms with Gasteiger partial charge in [0.2, 0.25) is 0 Å². The molecule has 0 radical (unpaired) electrons. The van der Waals surface area contributed by atoms with Crippen LogP contribution in [0.4, 0.5) is 0 Å². The second-order valence-electron chi connectivity index (χ2n) is 4.78. The van der Waals surface area contributed by atoms with Gasteiger partial charge in [-0.1, -0.05) is 13.0 Å². The number of methoxy groups -OCH3 is 1. The van der Waals surface area contributed by atoms with Crippen LogP contribution in [0.2, 0.25) is 0 Å². The molecule has 0 spiro atoms. The van der Waals surface area contributed by atoms with Crippen molar-refractivity contribution < 1.29 is 4.74 Å². The number of hydrogen-bond acceptors (Lipinski definition) is 3. The largest absolute Gasteiger partial charge is 0.497 e. The molecule has 0 bridgehead atoms. The standard InChI is InChI=1S/C15H23NOS/c1-4-9-18-14-8-6-11-5-7-12(17-3)10-13(11)15(14)16-2/h5,7,10,14-16H,4,6,8-9H2,1-3H3. The predicted octanol–water partition coefficient (Wildman–Crippen LogP) is 3.41. The van der Waals surface area contributed by atoms with Gasteiger partial charge in [-0.15, -0.1) is 0 Å². The van der Waals surface area contributed by atoms with E-state index in [1.165, 1.54) is 36.1 Å². The van der Waals surface area contributed by atoms with Crippen molar-refractivity contribution in [1.82, 2.24) is 5.32 Å². The molecule has 1 aromatic carbocycles. The monoisotopic (exact) mass is 265 g/mol. The van der Waals surface area contributed by atoms with E-state index in [4.69, 9.17) is 4.74 Å². The topological polar surface area (TPSA) is 21.3 Å². The van der Waals surface area contributed by atoms with Gasteiger partial charge in [0.25, 0.3) is 0 Å². The number of hydrogen-bond donors (Lipinski definition) is 1. The van der Waals surface area contributed by atoms with Gasteiger partial charge in [0, 0.05) is 11.3 Å². The second-order valence-corrected chi connectivity index (χ2v) is 6.13. The van der Waals surface area contributed by atoms with Gasteiger partial charge in [0.1, 0.15) is 5.75 Å². The fourth-order valence-corrected chi connectivity index (χ4v) is 3.97. The van der Waals surface area contributed by atoms with E-state index >= 15 is 0 Å². The van der Waals surface area contributed by atoms with Crippen LogP contribution in [-0.4, -0.2) is 25.2 Å². The Balaban J connectivity index is 2.23. The molecule has 2 rings (SSSR count). The number of nitrogens with one attached hydrogen (secondary N) is 1. The highest BCUT2D eigenvalue weighted by Crippen LogP contribution is 2.38. The van der Waals surface area contributed by atoms with Crippen molar-refractivity contribution in [1.29, 1.82) is 0 Å². The lowest BCUT2D eigenvalue weighted by Crippen LogP contribution is -2.32. The first-order chi connectivity index (χ1) is 8.80. The number of benzene rings is 1. The third-order valence-electron chi connectivity index (χ3n) is 3.61. The fourth-order valence-electron chi connectivity index (χ4n) is 2.67. The molecule has 1 aromatic rings. The number of rotatable bonds is 5. The first-order valence-electron chi connectivity index (χ1n) is 6.75. The Kier molecular flexibility index (Phi) is 4.95. The Morgan fingerprint density at radius 2 is 2.28 bits per heavy atom. The molecule has 1 aliphatic carbocycles. The summed E-state index contributed by atoms with van der Waals surface area (Å²) in [7, 11) is 3.81. The van der Waals surface area contributed by atoms with E-state index in [0.29, 0.717) is 11.3 Å². The molecule has 1 aliphatic rings. The first-order valence-corrected chi connectivity index (χ1v) is 7.80. The van der Waals surface area contributed by atoms with Gasteiger partial charge in [-0.3, -0.25) is 0 Å². The van der Waals surface area contributed by atoms with E-state index in [0.717, 1.165) is 5.75 Å². The number of ether oxygens (including phenoxy) is 1. The van der Waals surface area contributed by atoms with E-state index in [9.17, 15) is 0 Å². The predicted molar refractivity (Wildman–Crippen MR) is 79.7 cm³/mol. The zero-order valence-electron chi connectivity index (χ0n) is 11.5. The molecule has 0 aliphatic heterocycles. The molecule has 2 unspecified atom stereocenters. The van der Waals surface area contributed by atoms with Gasteiger partial charge in [-0.05, 0) is 55.3 Å². The lowest BCUT2D eigenvalue weighted by molar-refractivity contribution is 0.411. The molecule has 0 fully saturated rings. The zero-order valence-corrected chi connectivity index (χ0v) is 12.3. The van der Waals surface area contributed by atoms with E-state index in [2.05, 4.69) is 49.2 Å². The van der Waals surface area contributed by atoms with E-state index < -0.39 is 0 Å². The van der Waals surface area contributed by atoms with Crippen molar-refractivity contribution in [2.45, 2.75) is 37.5 Å². The normalized spacial score (nSPS) is 22.6. The van der Waals surface area contributed by atoms with Gasteiger partial charge in [-0.2, -0.15) is 11.8 Å². The van der Waals surface area contributed by atoms with E-state index in [-0.39, 0.29) is 0 Å². The Morgan fingerprint density at radius 3 is 2.94 bits per heavy atom. The van der Waals surface area contributed by atoms with Crippen molar-refractivity contribution in [3.05, 3.63) is 29.3 Å². The van der Waals surface area contributed by atoms with Crippen molar-refractivity contribution in [2.24, 2.45) is 0 Å². The van der Waals surface area contributed by atoms with Gasteiger partial charge < -0.3 is 10.1 Å². The van der Waals surface area contributed by atoms with Crippen molar-refractivity contribution >= 4 is 11.8 Å². The van der Waals surface area contributed by atoms with Crippen LogP contribution in [0.3, 0.4) is 0 Å². The summed E-state index contributed by atoms with van der Waals surface area (Å²) in [6.07, 6.45) is 3.72. The summed E-state index contributed by atoms with van der Waals surface area (Å²) in [5.74, 6) is 2.22. The summed E-state index contributed by atoms with van der Waals surface area (Å²) < 4.78 is 5.35. The molecule has 18 heavy (non-hydrogen) atoms. The van der Waals surface area contributed by atoms with Crippen molar-refractivity contribution in [3.63, 3.8) is 0 Å². The van der Waals surface area contributed by atoms with Crippen LogP contribution in [0.15, 0.2) is 18.2 Å². The molecule has 2 atom stereocenters. The number of thioether (sulfide) groups is 1. The van der Waals surface area contributed by atoms with Gasteiger partial charge >= 0.3 is 0 Å².